The SMILES string of the molecule is O=C(O)[C@H](CO)NCCN1C(=O)COc2c1ccc(-c1cccc(-c3cccc(-c4ccc5c(c4F)OCC(=O)N5CCN[C@@H](CO)C(=O)O)c3Cl)c1Cl)c2F. The van der Waals surface area contributed by atoms with Gasteiger partial charge >= 0.3 is 11.9 Å². The fraction of sp³-hybridized carbons (Fsp3) is 0.263. The summed E-state index contributed by atoms with van der Waals surface area (Å²) in [6, 6.07) is 13.1. The average molecular weight is 816 g/mol. The van der Waals surface area contributed by atoms with Crippen LogP contribution in [-0.4, -0.2) is 109 Å². The maximum atomic E-state index is 16.2. The number of hydrogen-bond donors (Lipinski definition) is 6. The summed E-state index contributed by atoms with van der Waals surface area (Å²) in [4.78, 5) is 50.4. The molecule has 56 heavy (non-hydrogen) atoms. The van der Waals surface area contributed by atoms with Crippen molar-refractivity contribution in [3.63, 3.8) is 0 Å². The minimum atomic E-state index is -1.27. The summed E-state index contributed by atoms with van der Waals surface area (Å²) in [5, 5.41) is 42.3. The van der Waals surface area contributed by atoms with Crippen molar-refractivity contribution in [1.82, 2.24) is 10.6 Å². The van der Waals surface area contributed by atoms with Gasteiger partial charge in [-0.05, 0) is 24.3 Å². The zero-order valence-electron chi connectivity index (χ0n) is 29.2. The molecule has 2 atom stereocenters. The van der Waals surface area contributed by atoms with Crippen LogP contribution in [0.1, 0.15) is 0 Å². The molecule has 2 aliphatic heterocycles. The highest BCUT2D eigenvalue weighted by Gasteiger charge is 2.32. The predicted octanol–water partition coefficient (Wildman–Crippen LogP) is 3.79. The monoisotopic (exact) mass is 814 g/mol. The van der Waals surface area contributed by atoms with Crippen molar-refractivity contribution in [2.24, 2.45) is 0 Å². The van der Waals surface area contributed by atoms with Gasteiger partial charge in [0.1, 0.15) is 12.1 Å². The van der Waals surface area contributed by atoms with Crippen molar-refractivity contribution in [3.05, 3.63) is 82.3 Å². The van der Waals surface area contributed by atoms with E-state index in [0.717, 1.165) is 0 Å². The number of amides is 2. The van der Waals surface area contributed by atoms with Gasteiger partial charge in [-0.25, -0.2) is 8.78 Å². The number of nitrogens with one attached hydrogen (secondary N) is 2. The molecule has 0 saturated carbocycles. The Morgan fingerprint density at radius 2 is 1.00 bits per heavy atom. The van der Waals surface area contributed by atoms with Crippen LogP contribution >= 0.6 is 23.2 Å². The number of aliphatic hydroxyl groups excluding tert-OH is 2. The Labute approximate surface area is 327 Å². The average Bonchev–Trinajstić information content (AvgIpc) is 3.17. The molecule has 14 nitrogen and oxygen atoms in total. The third-order valence-corrected chi connectivity index (χ3v) is 10.1. The first kappa shape index (κ1) is 40.3. The summed E-state index contributed by atoms with van der Waals surface area (Å²) in [5.74, 6) is -5.53. The second-order valence-electron chi connectivity index (χ2n) is 12.6. The second kappa shape index (κ2) is 17.2. The number of carbonyl (C=O) groups excluding carboxylic acids is 2. The number of halogens is 4. The number of ether oxygens (including phenoxy) is 2. The molecule has 6 rings (SSSR count). The van der Waals surface area contributed by atoms with E-state index in [2.05, 4.69) is 10.6 Å². The lowest BCUT2D eigenvalue weighted by Crippen LogP contribution is -2.47. The Balaban J connectivity index is 1.29. The fourth-order valence-corrected chi connectivity index (χ4v) is 7.11. The molecule has 0 aromatic heterocycles. The van der Waals surface area contributed by atoms with Gasteiger partial charge in [0.2, 0.25) is 0 Å². The molecule has 294 valence electrons. The quantitative estimate of drug-likeness (QED) is 0.102. The molecule has 2 aliphatic rings. The van der Waals surface area contributed by atoms with E-state index in [1.54, 1.807) is 36.4 Å². The summed E-state index contributed by atoms with van der Waals surface area (Å²) in [6.07, 6.45) is 0. The van der Waals surface area contributed by atoms with Crippen LogP contribution in [-0.2, 0) is 19.2 Å². The molecule has 0 unspecified atom stereocenters. The first-order valence-electron chi connectivity index (χ1n) is 17.1. The Hall–Kier alpha value is -5.36. The highest BCUT2D eigenvalue weighted by Crippen LogP contribution is 2.47. The van der Waals surface area contributed by atoms with E-state index < -0.39 is 73.9 Å². The number of aliphatic hydroxyl groups is 2. The van der Waals surface area contributed by atoms with Gasteiger partial charge in [0.25, 0.3) is 11.8 Å². The van der Waals surface area contributed by atoms with Gasteiger partial charge in [0.15, 0.2) is 36.3 Å². The number of carboxylic acid groups (broad SMARTS) is 2. The van der Waals surface area contributed by atoms with Crippen molar-refractivity contribution in [3.8, 4) is 44.9 Å². The number of rotatable bonds is 15. The van der Waals surface area contributed by atoms with Crippen molar-refractivity contribution < 1.29 is 57.9 Å². The van der Waals surface area contributed by atoms with E-state index in [9.17, 15) is 29.4 Å². The summed E-state index contributed by atoms with van der Waals surface area (Å²) in [7, 11) is 0. The predicted molar refractivity (Wildman–Crippen MR) is 201 cm³/mol. The smallest absolute Gasteiger partial charge is 0.323 e. The van der Waals surface area contributed by atoms with Crippen molar-refractivity contribution in [1.29, 1.82) is 0 Å². The topological polar surface area (TPSA) is 198 Å². The first-order chi connectivity index (χ1) is 26.9. The molecule has 2 amide bonds. The second-order valence-corrected chi connectivity index (χ2v) is 13.4. The van der Waals surface area contributed by atoms with Gasteiger partial charge in [-0.1, -0.05) is 59.6 Å². The van der Waals surface area contributed by atoms with E-state index in [1.165, 1.54) is 34.1 Å². The maximum absolute atomic E-state index is 16.2. The number of benzene rings is 4. The Morgan fingerprint density at radius 1 is 0.643 bits per heavy atom. The Morgan fingerprint density at radius 3 is 1.34 bits per heavy atom. The minimum absolute atomic E-state index is 0.0133. The van der Waals surface area contributed by atoms with Gasteiger partial charge in [0.05, 0.1) is 34.6 Å². The molecule has 4 aromatic carbocycles. The molecule has 0 aliphatic carbocycles. The molecule has 0 bridgehead atoms. The molecule has 0 saturated heterocycles. The number of fused-ring (bicyclic) bond motifs is 2. The van der Waals surface area contributed by atoms with Crippen LogP contribution in [0, 0.1) is 11.6 Å². The zero-order valence-corrected chi connectivity index (χ0v) is 30.7. The molecule has 0 spiro atoms. The lowest BCUT2D eigenvalue weighted by atomic mass is 9.94. The number of aliphatic carboxylic acids is 2. The van der Waals surface area contributed by atoms with E-state index in [-0.39, 0.29) is 81.4 Å². The summed E-state index contributed by atoms with van der Waals surface area (Å²) in [6.45, 7) is -2.36. The maximum Gasteiger partial charge on any atom is 0.323 e. The van der Waals surface area contributed by atoms with Crippen molar-refractivity contribution >= 4 is 58.3 Å². The van der Waals surface area contributed by atoms with Crippen molar-refractivity contribution in [2.75, 3.05) is 62.4 Å². The summed E-state index contributed by atoms with van der Waals surface area (Å²) >= 11 is 13.9. The lowest BCUT2D eigenvalue weighted by Gasteiger charge is -2.30. The van der Waals surface area contributed by atoms with Crippen LogP contribution in [0.5, 0.6) is 11.5 Å². The molecule has 18 heteroatoms. The molecule has 0 radical (unpaired) electrons. The third kappa shape index (κ3) is 7.84. The van der Waals surface area contributed by atoms with Gasteiger partial charge < -0.3 is 50.3 Å². The number of anilines is 2. The van der Waals surface area contributed by atoms with Gasteiger partial charge in [-0.15, -0.1) is 0 Å². The highest BCUT2D eigenvalue weighted by molar-refractivity contribution is 6.39. The standard InChI is InChI=1S/C38H34Cl2F2N4O10/c39-31-19(3-1-5-21(31)23-7-9-27-35(33(23)41)55-17-29(49)45(27)13-11-43-25(15-47)37(51)52)20-4-2-6-22(32(20)40)24-8-10-28-36(34(24)42)56-18-30(50)46(28)14-12-44-26(16-48)38(53)54/h1-10,25-26,43-44,47-48H,11-18H2,(H,51,52)(H,53,54)/t25-,26-/m0/s1. The molecule has 2 heterocycles. The first-order valence-corrected chi connectivity index (χ1v) is 17.9. The van der Waals surface area contributed by atoms with Crippen LogP contribution in [0.4, 0.5) is 20.2 Å². The molecule has 6 N–H and O–H groups in total. The van der Waals surface area contributed by atoms with E-state index in [1.807, 2.05) is 0 Å². The summed E-state index contributed by atoms with van der Waals surface area (Å²) < 4.78 is 43.5. The van der Waals surface area contributed by atoms with Crippen LogP contribution < -0.4 is 29.9 Å². The van der Waals surface area contributed by atoms with E-state index in [4.69, 9.17) is 42.9 Å². The normalized spacial score (nSPS) is 14.8. The largest absolute Gasteiger partial charge is 0.480 e. The third-order valence-electron chi connectivity index (χ3n) is 9.30. The Kier molecular flexibility index (Phi) is 12.4. The van der Waals surface area contributed by atoms with Gasteiger partial charge in [-0.2, -0.15) is 0 Å². The number of carbonyl (C=O) groups is 4. The molecular formula is C38H34Cl2F2N4O10. The zero-order chi connectivity index (χ0) is 40.3. The van der Waals surface area contributed by atoms with Crippen LogP contribution in [0.15, 0.2) is 60.7 Å². The fourth-order valence-electron chi connectivity index (χ4n) is 6.45. The van der Waals surface area contributed by atoms with Crippen LogP contribution in [0.3, 0.4) is 0 Å². The van der Waals surface area contributed by atoms with Crippen LogP contribution in [0.2, 0.25) is 10.0 Å². The number of carboxylic acids is 2. The summed E-state index contributed by atoms with van der Waals surface area (Å²) in [5.41, 5.74) is 1.62. The molecule has 4 aromatic rings. The van der Waals surface area contributed by atoms with Crippen molar-refractivity contribution in [2.45, 2.75) is 12.1 Å². The van der Waals surface area contributed by atoms with Crippen LogP contribution in [0.25, 0.3) is 33.4 Å². The van der Waals surface area contributed by atoms with Gasteiger partial charge in [0, 0.05) is 59.6 Å². The number of nitrogens with zero attached hydrogens (tertiary/aromatic N) is 2. The van der Waals surface area contributed by atoms with Gasteiger partial charge in [-0.3, -0.25) is 19.2 Å². The molecular weight excluding hydrogens is 781 g/mol. The highest BCUT2D eigenvalue weighted by atomic mass is 35.5. The van der Waals surface area contributed by atoms with E-state index >= 15 is 8.78 Å². The number of hydrogen-bond acceptors (Lipinski definition) is 10. The molecule has 0 fully saturated rings. The lowest BCUT2D eigenvalue weighted by molar-refractivity contribution is -0.141. The minimum Gasteiger partial charge on any atom is -0.480 e. The van der Waals surface area contributed by atoms with E-state index in [0.29, 0.717) is 11.1 Å². The Bertz CT molecular complexity index is 2060.